The van der Waals surface area contributed by atoms with Crippen LogP contribution in [0.4, 0.5) is 0 Å². The molecule has 1 aliphatic heterocycles. The highest BCUT2D eigenvalue weighted by atomic mass is 35.5. The summed E-state index contributed by atoms with van der Waals surface area (Å²) in [6.45, 7) is 0.490. The highest BCUT2D eigenvalue weighted by Crippen LogP contribution is 2.33. The average molecular weight is 445 g/mol. The van der Waals surface area contributed by atoms with Gasteiger partial charge in [-0.25, -0.2) is 4.79 Å². The molecule has 8 nitrogen and oxygen atoms in total. The number of piperidine rings is 1. The van der Waals surface area contributed by atoms with Gasteiger partial charge in [0.25, 0.3) is 10.1 Å². The van der Waals surface area contributed by atoms with Crippen LogP contribution in [0.3, 0.4) is 0 Å². The van der Waals surface area contributed by atoms with E-state index in [-0.39, 0.29) is 18.9 Å². The number of carbonyl (C=O) groups excluding carboxylic acids is 2. The van der Waals surface area contributed by atoms with Gasteiger partial charge in [0.1, 0.15) is 12.1 Å². The maximum atomic E-state index is 12.6. The van der Waals surface area contributed by atoms with Crippen LogP contribution < -0.4 is 0 Å². The Kier molecular flexibility index (Phi) is 7.81. The number of likely N-dealkylation sites (N-methyl/N-ethyl adjacent to an activating group) is 1. The third-order valence-corrected chi connectivity index (χ3v) is 5.43. The largest absolute Gasteiger partial charge is 0.468 e. The normalized spacial score (nSPS) is 20.3. The third-order valence-electron chi connectivity index (χ3n) is 4.51. The number of methoxy groups -OCH3 is 1. The first kappa shape index (κ1) is 23.3. The Bertz CT molecular complexity index is 900. The van der Waals surface area contributed by atoms with E-state index in [0.717, 1.165) is 6.26 Å². The Labute approximate surface area is 176 Å². The molecule has 0 N–H and O–H groups in total. The Balaban J connectivity index is 2.41. The Morgan fingerprint density at radius 2 is 1.97 bits per heavy atom. The lowest BCUT2D eigenvalue weighted by atomic mass is 9.96. The summed E-state index contributed by atoms with van der Waals surface area (Å²) < 4.78 is 33.5. The lowest BCUT2D eigenvalue weighted by Gasteiger charge is -2.37. The van der Waals surface area contributed by atoms with Gasteiger partial charge in [-0.2, -0.15) is 8.42 Å². The monoisotopic (exact) mass is 444 g/mol. The maximum Gasteiger partial charge on any atom is 0.327 e. The molecule has 1 fully saturated rings. The van der Waals surface area contributed by atoms with Crippen LogP contribution in [0.25, 0.3) is 0 Å². The number of hydrogen-bond acceptors (Lipinski definition) is 7. The molecule has 1 aliphatic rings. The molecule has 0 bridgehead atoms. The van der Waals surface area contributed by atoms with Gasteiger partial charge in [0.05, 0.1) is 13.4 Å². The van der Waals surface area contributed by atoms with Crippen molar-refractivity contribution in [3.8, 4) is 0 Å². The molecule has 1 heterocycles. The van der Waals surface area contributed by atoms with E-state index in [9.17, 15) is 18.0 Å². The predicted molar refractivity (Wildman–Crippen MR) is 109 cm³/mol. The first-order valence-corrected chi connectivity index (χ1v) is 11.1. The fourth-order valence-electron chi connectivity index (χ4n) is 3.13. The van der Waals surface area contributed by atoms with Crippen LogP contribution in [-0.2, 0) is 28.6 Å². The maximum absolute atomic E-state index is 12.6. The van der Waals surface area contributed by atoms with Crippen LogP contribution in [0.5, 0.6) is 0 Å². The summed E-state index contributed by atoms with van der Waals surface area (Å²) in [4.78, 5) is 28.0. The number of carbonyl (C=O) groups is 2. The van der Waals surface area contributed by atoms with Crippen LogP contribution in [-0.4, -0.2) is 76.7 Å². The summed E-state index contributed by atoms with van der Waals surface area (Å²) >= 11 is 6.30. The SMILES string of the molecule is COC(=O)C(c1ccccc1Cl)N1CCC(OS(C)(=O)=O)/C(=C/C(=O)N(C)C)C1. The first-order valence-electron chi connectivity index (χ1n) is 8.89. The molecule has 0 radical (unpaired) electrons. The minimum Gasteiger partial charge on any atom is -0.468 e. The molecule has 0 spiro atoms. The van der Waals surface area contributed by atoms with E-state index >= 15 is 0 Å². The van der Waals surface area contributed by atoms with Gasteiger partial charge < -0.3 is 9.64 Å². The van der Waals surface area contributed by atoms with Crippen molar-refractivity contribution in [3.63, 3.8) is 0 Å². The summed E-state index contributed by atoms with van der Waals surface area (Å²) in [5, 5.41) is 0.410. The van der Waals surface area contributed by atoms with E-state index in [1.54, 1.807) is 43.3 Å². The van der Waals surface area contributed by atoms with E-state index in [2.05, 4.69) is 0 Å². The second-order valence-electron chi connectivity index (χ2n) is 6.95. The number of benzene rings is 1. The minimum absolute atomic E-state index is 0.144. The molecule has 10 heteroatoms. The molecular formula is C19H25ClN2O6S. The Morgan fingerprint density at radius 1 is 1.31 bits per heavy atom. The molecule has 0 aromatic heterocycles. The van der Waals surface area contributed by atoms with Crippen molar-refractivity contribution in [3.05, 3.63) is 46.5 Å². The van der Waals surface area contributed by atoms with Crippen molar-refractivity contribution in [2.24, 2.45) is 0 Å². The van der Waals surface area contributed by atoms with Gasteiger partial charge in [0, 0.05) is 38.3 Å². The minimum atomic E-state index is -3.73. The zero-order chi connectivity index (χ0) is 21.8. The van der Waals surface area contributed by atoms with E-state index in [4.69, 9.17) is 20.5 Å². The average Bonchev–Trinajstić information content (AvgIpc) is 2.64. The molecule has 29 heavy (non-hydrogen) atoms. The number of esters is 1. The second-order valence-corrected chi connectivity index (χ2v) is 8.96. The predicted octanol–water partition coefficient (Wildman–Crippen LogP) is 1.62. The summed E-state index contributed by atoms with van der Waals surface area (Å²) in [5.74, 6) is -0.810. The lowest BCUT2D eigenvalue weighted by molar-refractivity contribution is -0.147. The van der Waals surface area contributed by atoms with Crippen molar-refractivity contribution in [2.45, 2.75) is 18.6 Å². The standard InChI is InChI=1S/C19H25ClN2O6S/c1-21(2)17(23)11-13-12-22(10-9-16(13)28-29(4,25)26)18(19(24)27-3)14-7-5-6-8-15(14)20/h5-8,11,16,18H,9-10,12H2,1-4H3/b13-11+. The number of halogens is 1. The smallest absolute Gasteiger partial charge is 0.327 e. The third kappa shape index (κ3) is 6.27. The van der Waals surface area contributed by atoms with E-state index < -0.39 is 28.2 Å². The summed E-state index contributed by atoms with van der Waals surface area (Å²) in [5.41, 5.74) is 1.03. The molecule has 0 saturated carbocycles. The van der Waals surface area contributed by atoms with Crippen LogP contribution in [0.1, 0.15) is 18.0 Å². The molecule has 1 saturated heterocycles. The zero-order valence-corrected chi connectivity index (χ0v) is 18.4. The Hall–Kier alpha value is -1.94. The van der Waals surface area contributed by atoms with E-state index in [1.165, 1.54) is 18.1 Å². The highest BCUT2D eigenvalue weighted by Gasteiger charge is 2.36. The van der Waals surface area contributed by atoms with Crippen molar-refractivity contribution < 1.29 is 26.9 Å². The number of rotatable bonds is 6. The molecule has 2 rings (SSSR count). The number of ether oxygens (including phenoxy) is 1. The van der Waals surface area contributed by atoms with Gasteiger partial charge in [-0.15, -0.1) is 0 Å². The molecule has 160 valence electrons. The number of likely N-dealkylation sites (tertiary alicyclic amines) is 1. The van der Waals surface area contributed by atoms with E-state index in [1.807, 2.05) is 0 Å². The van der Waals surface area contributed by atoms with Gasteiger partial charge in [-0.05, 0) is 23.6 Å². The van der Waals surface area contributed by atoms with Gasteiger partial charge >= 0.3 is 5.97 Å². The highest BCUT2D eigenvalue weighted by molar-refractivity contribution is 7.86. The van der Waals surface area contributed by atoms with Crippen molar-refractivity contribution in [1.82, 2.24) is 9.80 Å². The number of amides is 1. The number of hydrogen-bond donors (Lipinski definition) is 0. The van der Waals surface area contributed by atoms with E-state index in [0.29, 0.717) is 22.7 Å². The van der Waals surface area contributed by atoms with Crippen LogP contribution in [0.2, 0.25) is 5.02 Å². The van der Waals surface area contributed by atoms with Crippen LogP contribution in [0.15, 0.2) is 35.9 Å². The summed E-state index contributed by atoms with van der Waals surface area (Å²) in [6.07, 6.45) is 1.81. The topological polar surface area (TPSA) is 93.2 Å². The van der Waals surface area contributed by atoms with Gasteiger partial charge in [-0.1, -0.05) is 29.8 Å². The second kappa shape index (κ2) is 9.71. The van der Waals surface area contributed by atoms with Gasteiger partial charge in [-0.3, -0.25) is 13.9 Å². The van der Waals surface area contributed by atoms with Crippen molar-refractivity contribution in [2.75, 3.05) is 40.6 Å². The molecule has 2 unspecified atom stereocenters. The van der Waals surface area contributed by atoms with Gasteiger partial charge in [0.15, 0.2) is 0 Å². The van der Waals surface area contributed by atoms with Crippen LogP contribution in [0, 0.1) is 0 Å². The molecule has 1 amide bonds. The van der Waals surface area contributed by atoms with Gasteiger partial charge in [0.2, 0.25) is 5.91 Å². The quantitative estimate of drug-likeness (QED) is 0.374. The van der Waals surface area contributed by atoms with Crippen molar-refractivity contribution in [1.29, 1.82) is 0 Å². The molecule has 1 aromatic rings. The van der Waals surface area contributed by atoms with Crippen LogP contribution >= 0.6 is 11.6 Å². The molecular weight excluding hydrogens is 420 g/mol. The zero-order valence-electron chi connectivity index (χ0n) is 16.8. The fraction of sp³-hybridized carbons (Fsp3) is 0.474. The Morgan fingerprint density at radius 3 is 2.52 bits per heavy atom. The lowest BCUT2D eigenvalue weighted by Crippen LogP contribution is -2.45. The number of nitrogens with zero attached hydrogens (tertiary/aromatic N) is 2. The first-order chi connectivity index (χ1) is 13.5. The summed E-state index contributed by atoms with van der Waals surface area (Å²) in [6, 6.07) is 6.14. The molecule has 2 atom stereocenters. The summed E-state index contributed by atoms with van der Waals surface area (Å²) in [7, 11) is 0.744. The van der Waals surface area contributed by atoms with Crippen molar-refractivity contribution >= 4 is 33.6 Å². The molecule has 0 aliphatic carbocycles. The molecule has 1 aromatic carbocycles. The fourth-order valence-corrected chi connectivity index (χ4v) is 4.01.